The number of rotatable bonds is 5. The predicted molar refractivity (Wildman–Crippen MR) is 69.2 cm³/mol. The molecule has 0 aliphatic carbocycles. The summed E-state index contributed by atoms with van der Waals surface area (Å²) in [7, 11) is 0. The van der Waals surface area contributed by atoms with E-state index < -0.39 is 6.10 Å². The van der Waals surface area contributed by atoms with Gasteiger partial charge in [0, 0.05) is 28.2 Å². The van der Waals surface area contributed by atoms with Crippen molar-refractivity contribution in [3.8, 4) is 0 Å². The minimum atomic E-state index is -0.671. The highest BCUT2D eigenvalue weighted by molar-refractivity contribution is 6.36. The van der Waals surface area contributed by atoms with E-state index in [1.54, 1.807) is 18.2 Å². The maximum Gasteiger partial charge on any atom is 0.0943 e. The van der Waals surface area contributed by atoms with E-state index in [2.05, 4.69) is 19.2 Å². The second-order valence-electron chi connectivity index (χ2n) is 3.87. The molecule has 0 radical (unpaired) electrons. The molecule has 0 saturated carbocycles. The number of benzene rings is 1. The minimum absolute atomic E-state index is 0.371. The average Bonchev–Trinajstić information content (AvgIpc) is 2.25. The highest BCUT2D eigenvalue weighted by Crippen LogP contribution is 2.29. The second kappa shape index (κ2) is 6.45. The van der Waals surface area contributed by atoms with Gasteiger partial charge >= 0.3 is 0 Å². The molecule has 4 heteroatoms. The van der Waals surface area contributed by atoms with Crippen LogP contribution in [-0.4, -0.2) is 17.7 Å². The summed E-state index contributed by atoms with van der Waals surface area (Å²) in [4.78, 5) is 0. The van der Waals surface area contributed by atoms with Crippen molar-refractivity contribution in [2.45, 2.75) is 32.4 Å². The highest BCUT2D eigenvalue weighted by atomic mass is 35.5. The summed E-state index contributed by atoms with van der Waals surface area (Å²) in [5, 5.41) is 14.2. The Labute approximate surface area is 107 Å². The van der Waals surface area contributed by atoms with E-state index in [-0.39, 0.29) is 0 Å². The molecule has 0 amide bonds. The molecule has 0 aliphatic heterocycles. The number of hydrogen-bond acceptors (Lipinski definition) is 2. The second-order valence-corrected chi connectivity index (χ2v) is 4.68. The van der Waals surface area contributed by atoms with E-state index in [1.165, 1.54) is 0 Å². The van der Waals surface area contributed by atoms with E-state index >= 15 is 0 Å². The summed E-state index contributed by atoms with van der Waals surface area (Å²) in [6, 6.07) is 5.60. The summed E-state index contributed by atoms with van der Waals surface area (Å²) in [6.07, 6.45) is 0.346. The predicted octanol–water partition coefficient (Wildman–Crippen LogP) is 3.41. The first-order valence-corrected chi connectivity index (χ1v) is 6.17. The van der Waals surface area contributed by atoms with Gasteiger partial charge in [-0.05, 0) is 25.5 Å². The number of nitrogens with one attached hydrogen (secondary N) is 1. The lowest BCUT2D eigenvalue weighted by Crippen LogP contribution is -2.29. The van der Waals surface area contributed by atoms with Gasteiger partial charge in [0.05, 0.1) is 6.10 Å². The van der Waals surface area contributed by atoms with E-state index in [0.29, 0.717) is 28.2 Å². The number of aliphatic hydroxyl groups is 1. The number of aliphatic hydroxyl groups excluding tert-OH is 1. The van der Waals surface area contributed by atoms with E-state index in [9.17, 15) is 5.11 Å². The molecule has 0 aromatic heterocycles. The first kappa shape index (κ1) is 13.8. The smallest absolute Gasteiger partial charge is 0.0943 e. The lowest BCUT2D eigenvalue weighted by molar-refractivity contribution is 0.170. The fraction of sp³-hybridized carbons (Fsp3) is 0.500. The van der Waals surface area contributed by atoms with Crippen LogP contribution in [0.25, 0.3) is 0 Å². The van der Waals surface area contributed by atoms with Crippen LogP contribution in [-0.2, 0) is 0 Å². The van der Waals surface area contributed by atoms with Gasteiger partial charge in [0.25, 0.3) is 0 Å². The Morgan fingerprint density at radius 2 is 1.88 bits per heavy atom. The monoisotopic (exact) mass is 261 g/mol. The zero-order valence-electron chi connectivity index (χ0n) is 9.50. The molecule has 90 valence electrons. The third kappa shape index (κ3) is 3.63. The third-order valence-electron chi connectivity index (χ3n) is 2.60. The molecule has 0 aliphatic rings. The van der Waals surface area contributed by atoms with Gasteiger partial charge < -0.3 is 10.4 Å². The molecule has 2 N–H and O–H groups in total. The van der Waals surface area contributed by atoms with Crippen LogP contribution in [0.15, 0.2) is 18.2 Å². The zero-order chi connectivity index (χ0) is 12.1. The molecule has 2 atom stereocenters. The molecule has 0 spiro atoms. The van der Waals surface area contributed by atoms with Crippen molar-refractivity contribution in [1.29, 1.82) is 0 Å². The first-order chi connectivity index (χ1) is 7.56. The molecule has 0 heterocycles. The largest absolute Gasteiger partial charge is 0.387 e. The molecule has 0 saturated heterocycles. The Balaban J connectivity index is 2.69. The van der Waals surface area contributed by atoms with Crippen LogP contribution >= 0.6 is 23.2 Å². The van der Waals surface area contributed by atoms with Gasteiger partial charge in [0.15, 0.2) is 0 Å². The quantitative estimate of drug-likeness (QED) is 0.852. The molecule has 2 unspecified atom stereocenters. The summed E-state index contributed by atoms with van der Waals surface area (Å²) in [6.45, 7) is 4.62. The van der Waals surface area contributed by atoms with Gasteiger partial charge in [-0.25, -0.2) is 0 Å². The van der Waals surface area contributed by atoms with Crippen LogP contribution in [0.1, 0.15) is 31.9 Å². The number of hydrogen-bond donors (Lipinski definition) is 2. The van der Waals surface area contributed by atoms with Gasteiger partial charge in [-0.15, -0.1) is 0 Å². The number of halogens is 2. The van der Waals surface area contributed by atoms with Crippen LogP contribution in [0.5, 0.6) is 0 Å². The van der Waals surface area contributed by atoms with Crippen molar-refractivity contribution in [1.82, 2.24) is 5.32 Å². The lowest BCUT2D eigenvalue weighted by atomic mass is 10.1. The molecule has 0 bridgehead atoms. The maximum atomic E-state index is 10.00. The fourth-order valence-corrected chi connectivity index (χ4v) is 2.04. The molecular weight excluding hydrogens is 245 g/mol. The summed E-state index contributed by atoms with van der Waals surface area (Å²) in [5.74, 6) is 0. The lowest BCUT2D eigenvalue weighted by Gasteiger charge is -2.18. The van der Waals surface area contributed by atoms with Crippen LogP contribution < -0.4 is 5.32 Å². The summed E-state index contributed by atoms with van der Waals surface area (Å²) >= 11 is 12.0. The molecule has 1 rings (SSSR count). The first-order valence-electron chi connectivity index (χ1n) is 5.41. The van der Waals surface area contributed by atoms with Crippen molar-refractivity contribution in [3.05, 3.63) is 33.8 Å². The van der Waals surface area contributed by atoms with Crippen molar-refractivity contribution < 1.29 is 5.11 Å². The van der Waals surface area contributed by atoms with Gasteiger partial charge in [-0.3, -0.25) is 0 Å². The van der Waals surface area contributed by atoms with Gasteiger partial charge in [-0.1, -0.05) is 36.2 Å². The van der Waals surface area contributed by atoms with Crippen molar-refractivity contribution >= 4 is 23.2 Å². The highest BCUT2D eigenvalue weighted by Gasteiger charge is 2.15. The van der Waals surface area contributed by atoms with Crippen molar-refractivity contribution in [2.75, 3.05) is 6.54 Å². The summed E-state index contributed by atoms with van der Waals surface area (Å²) in [5.41, 5.74) is 0.599. The van der Waals surface area contributed by atoms with Gasteiger partial charge in [0.2, 0.25) is 0 Å². The zero-order valence-corrected chi connectivity index (χ0v) is 11.0. The fourth-order valence-electron chi connectivity index (χ4n) is 1.39. The van der Waals surface area contributed by atoms with E-state index in [0.717, 1.165) is 6.42 Å². The van der Waals surface area contributed by atoms with Gasteiger partial charge in [0.1, 0.15) is 0 Å². The van der Waals surface area contributed by atoms with E-state index in [1.807, 2.05) is 0 Å². The molecule has 0 fully saturated rings. The minimum Gasteiger partial charge on any atom is -0.387 e. The van der Waals surface area contributed by atoms with Crippen LogP contribution in [0.4, 0.5) is 0 Å². The molecule has 1 aromatic rings. The summed E-state index contributed by atoms with van der Waals surface area (Å²) < 4.78 is 0. The van der Waals surface area contributed by atoms with Crippen LogP contribution in [0, 0.1) is 0 Å². The van der Waals surface area contributed by atoms with Crippen molar-refractivity contribution in [3.63, 3.8) is 0 Å². The normalized spacial score (nSPS) is 14.8. The Bertz CT molecular complexity index is 324. The average molecular weight is 262 g/mol. The van der Waals surface area contributed by atoms with Gasteiger partial charge in [-0.2, -0.15) is 0 Å². The molecule has 1 aromatic carbocycles. The Morgan fingerprint density at radius 1 is 1.31 bits per heavy atom. The third-order valence-corrected chi connectivity index (χ3v) is 3.26. The molecule has 16 heavy (non-hydrogen) atoms. The Morgan fingerprint density at radius 3 is 2.38 bits per heavy atom. The Hall–Kier alpha value is -0.280. The maximum absolute atomic E-state index is 10.00. The van der Waals surface area contributed by atoms with Crippen LogP contribution in [0.3, 0.4) is 0 Å². The van der Waals surface area contributed by atoms with Crippen LogP contribution in [0.2, 0.25) is 10.0 Å². The van der Waals surface area contributed by atoms with Crippen molar-refractivity contribution in [2.24, 2.45) is 0 Å². The SMILES string of the molecule is CCC(C)NCC(O)c1c(Cl)cccc1Cl. The standard InChI is InChI=1S/C12H17Cl2NO/c1-3-8(2)15-7-11(16)12-9(13)5-4-6-10(12)14/h4-6,8,11,15-16H,3,7H2,1-2H3. The Kier molecular flexibility index (Phi) is 5.56. The topological polar surface area (TPSA) is 32.3 Å². The molecular formula is C12H17Cl2NO. The van der Waals surface area contributed by atoms with E-state index in [4.69, 9.17) is 23.2 Å². The molecule has 2 nitrogen and oxygen atoms in total.